The molecule has 0 unspecified atom stereocenters. The number of sulfonamides is 1. The molecule has 1 aromatic carbocycles. The molecule has 7 nitrogen and oxygen atoms in total. The fraction of sp³-hybridized carbons (Fsp3) is 0.360. The molecule has 188 valence electrons. The van der Waals surface area contributed by atoms with Crippen LogP contribution in [0.25, 0.3) is 6.08 Å². The van der Waals surface area contributed by atoms with Crippen molar-refractivity contribution in [3.8, 4) is 11.5 Å². The number of carbonyl (C=O) groups excluding carboxylic acids is 1. The third kappa shape index (κ3) is 7.22. The van der Waals surface area contributed by atoms with E-state index in [0.717, 1.165) is 41.5 Å². The molecule has 0 radical (unpaired) electrons. The largest absolute Gasteiger partial charge is 0.493 e. The number of nitrogens with zero attached hydrogens (tertiary/aromatic N) is 2. The summed E-state index contributed by atoms with van der Waals surface area (Å²) in [5.41, 5.74) is 0.739. The summed E-state index contributed by atoms with van der Waals surface area (Å²) < 4.78 is 40.8. The molecule has 0 spiro atoms. The SMILES string of the molecule is C=CCN1C(=O)C(=Cc2ccc(OC)c(OCCCCCCC)c2)SC1=NS(=O)(=O)c1cccs1. The number of amidine groups is 1. The van der Waals surface area contributed by atoms with Gasteiger partial charge in [0.1, 0.15) is 4.21 Å². The zero-order valence-corrected chi connectivity index (χ0v) is 22.4. The first-order valence-electron chi connectivity index (χ1n) is 11.4. The van der Waals surface area contributed by atoms with E-state index in [0.29, 0.717) is 23.0 Å². The summed E-state index contributed by atoms with van der Waals surface area (Å²) in [6.45, 7) is 6.59. The van der Waals surface area contributed by atoms with Crippen LogP contribution in [0.3, 0.4) is 0 Å². The van der Waals surface area contributed by atoms with Crippen LogP contribution in [-0.2, 0) is 14.8 Å². The van der Waals surface area contributed by atoms with Crippen LogP contribution >= 0.6 is 23.1 Å². The Morgan fingerprint density at radius 3 is 2.63 bits per heavy atom. The second-order valence-corrected chi connectivity index (χ2v) is 11.6. The molecular weight excluding hydrogens is 504 g/mol. The highest BCUT2D eigenvalue weighted by Crippen LogP contribution is 2.36. The van der Waals surface area contributed by atoms with Crippen molar-refractivity contribution in [2.24, 2.45) is 4.40 Å². The van der Waals surface area contributed by atoms with Gasteiger partial charge in [-0.3, -0.25) is 9.69 Å². The van der Waals surface area contributed by atoms with Gasteiger partial charge in [0, 0.05) is 6.54 Å². The Morgan fingerprint density at radius 1 is 1.14 bits per heavy atom. The normalized spacial score (nSPS) is 16.3. The van der Waals surface area contributed by atoms with Gasteiger partial charge in [0.2, 0.25) is 0 Å². The lowest BCUT2D eigenvalue weighted by Gasteiger charge is -2.12. The average molecular weight is 535 g/mol. The van der Waals surface area contributed by atoms with Crippen LogP contribution in [0, 0.1) is 0 Å². The molecule has 1 aliphatic rings. The lowest BCUT2D eigenvalue weighted by atomic mass is 10.1. The van der Waals surface area contributed by atoms with Gasteiger partial charge in [0.25, 0.3) is 15.9 Å². The number of methoxy groups -OCH3 is 1. The average Bonchev–Trinajstić information content (AvgIpc) is 3.48. The fourth-order valence-corrected chi connectivity index (χ4v) is 6.52. The first-order valence-corrected chi connectivity index (χ1v) is 14.5. The number of ether oxygens (including phenoxy) is 2. The minimum Gasteiger partial charge on any atom is -0.493 e. The van der Waals surface area contributed by atoms with E-state index in [-0.39, 0.29) is 21.8 Å². The van der Waals surface area contributed by atoms with Crippen LogP contribution in [0.15, 0.2) is 61.9 Å². The molecule has 2 aromatic rings. The maximum absolute atomic E-state index is 13.0. The van der Waals surface area contributed by atoms with Crippen LogP contribution in [0.1, 0.15) is 44.6 Å². The molecular formula is C25H30N2O5S3. The summed E-state index contributed by atoms with van der Waals surface area (Å²) in [6, 6.07) is 8.57. The van der Waals surface area contributed by atoms with Crippen LogP contribution in [0.2, 0.25) is 0 Å². The standard InChI is InChI=1S/C25H30N2O5S3/c1-4-6-7-8-9-15-32-21-17-19(12-13-20(21)31-3)18-22-24(28)27(14-5-2)25(34-22)26-35(29,30)23-11-10-16-33-23/h5,10-13,16-18H,2,4,6-9,14-15H2,1,3H3. The highest BCUT2D eigenvalue weighted by atomic mass is 32.2. The summed E-state index contributed by atoms with van der Waals surface area (Å²) in [5, 5.41) is 1.77. The number of hydrogen-bond acceptors (Lipinski definition) is 7. The van der Waals surface area contributed by atoms with Crippen molar-refractivity contribution in [3.63, 3.8) is 0 Å². The summed E-state index contributed by atoms with van der Waals surface area (Å²) in [5.74, 6) is 0.887. The monoisotopic (exact) mass is 534 g/mol. The van der Waals surface area contributed by atoms with Crippen molar-refractivity contribution in [1.82, 2.24) is 4.90 Å². The summed E-state index contributed by atoms with van der Waals surface area (Å²) in [7, 11) is -2.33. The van der Waals surface area contributed by atoms with Crippen molar-refractivity contribution < 1.29 is 22.7 Å². The Hall–Kier alpha value is -2.56. The van der Waals surface area contributed by atoms with E-state index in [2.05, 4.69) is 17.9 Å². The molecule has 0 bridgehead atoms. The van der Waals surface area contributed by atoms with Gasteiger partial charge in [-0.1, -0.05) is 50.8 Å². The smallest absolute Gasteiger partial charge is 0.294 e. The minimum atomic E-state index is -3.91. The molecule has 10 heteroatoms. The van der Waals surface area contributed by atoms with Crippen molar-refractivity contribution >= 4 is 50.3 Å². The van der Waals surface area contributed by atoms with Crippen LogP contribution < -0.4 is 9.47 Å². The molecule has 0 atom stereocenters. The Bertz CT molecular complexity index is 1190. The van der Waals surface area contributed by atoms with Gasteiger partial charge >= 0.3 is 0 Å². The van der Waals surface area contributed by atoms with Crippen molar-refractivity contribution in [1.29, 1.82) is 0 Å². The van der Waals surface area contributed by atoms with E-state index in [1.54, 1.807) is 30.7 Å². The number of hydrogen-bond donors (Lipinski definition) is 0. The van der Waals surface area contributed by atoms with Gasteiger partial charge in [0.15, 0.2) is 16.7 Å². The Labute approximate surface area is 215 Å². The van der Waals surface area contributed by atoms with Crippen LogP contribution in [0.4, 0.5) is 0 Å². The van der Waals surface area contributed by atoms with Gasteiger partial charge in [-0.15, -0.1) is 22.3 Å². The summed E-state index contributed by atoms with van der Waals surface area (Å²) in [4.78, 5) is 14.7. The summed E-state index contributed by atoms with van der Waals surface area (Å²) in [6.07, 6.45) is 8.92. The van der Waals surface area contributed by atoms with Crippen LogP contribution in [-0.4, -0.2) is 44.7 Å². The molecule has 0 N–H and O–H groups in total. The second-order valence-electron chi connectivity index (χ2n) is 7.77. The fourth-order valence-electron chi connectivity index (χ4n) is 3.36. The predicted octanol–water partition coefficient (Wildman–Crippen LogP) is 5.95. The number of thioether (sulfide) groups is 1. The van der Waals surface area contributed by atoms with E-state index < -0.39 is 10.0 Å². The minimum absolute atomic E-state index is 0.103. The maximum atomic E-state index is 13.0. The first kappa shape index (κ1) is 27.0. The van der Waals surface area contributed by atoms with E-state index in [1.807, 2.05) is 12.1 Å². The van der Waals surface area contributed by atoms with E-state index in [4.69, 9.17) is 9.47 Å². The third-order valence-electron chi connectivity index (χ3n) is 5.14. The topological polar surface area (TPSA) is 85.3 Å². The number of thiophene rings is 1. The lowest BCUT2D eigenvalue weighted by Crippen LogP contribution is -2.29. The number of carbonyl (C=O) groups is 1. The predicted molar refractivity (Wildman–Crippen MR) is 144 cm³/mol. The molecule has 1 fully saturated rings. The molecule has 2 heterocycles. The highest BCUT2D eigenvalue weighted by Gasteiger charge is 2.34. The molecule has 1 aliphatic heterocycles. The zero-order chi connectivity index (χ0) is 25.3. The molecule has 1 saturated heterocycles. The van der Waals surface area contributed by atoms with Crippen molar-refractivity contribution in [2.45, 2.75) is 43.2 Å². The molecule has 1 amide bonds. The van der Waals surface area contributed by atoms with Gasteiger partial charge in [-0.2, -0.15) is 8.42 Å². The van der Waals surface area contributed by atoms with Gasteiger partial charge in [-0.25, -0.2) is 0 Å². The number of benzene rings is 1. The second kappa shape index (κ2) is 12.9. The Morgan fingerprint density at radius 2 is 1.94 bits per heavy atom. The van der Waals surface area contributed by atoms with Gasteiger partial charge < -0.3 is 9.47 Å². The maximum Gasteiger partial charge on any atom is 0.294 e. The number of rotatable bonds is 13. The zero-order valence-electron chi connectivity index (χ0n) is 19.9. The van der Waals surface area contributed by atoms with E-state index in [1.165, 1.54) is 36.3 Å². The molecule has 1 aromatic heterocycles. The van der Waals surface area contributed by atoms with Crippen molar-refractivity contribution in [2.75, 3.05) is 20.3 Å². The van der Waals surface area contributed by atoms with Crippen molar-refractivity contribution in [3.05, 3.63) is 58.8 Å². The van der Waals surface area contributed by atoms with Gasteiger partial charge in [0.05, 0.1) is 18.6 Å². The number of amides is 1. The molecule has 35 heavy (non-hydrogen) atoms. The van der Waals surface area contributed by atoms with Gasteiger partial charge in [-0.05, 0) is 53.4 Å². The molecule has 3 rings (SSSR count). The van der Waals surface area contributed by atoms with E-state index in [9.17, 15) is 13.2 Å². The molecule has 0 saturated carbocycles. The quantitative estimate of drug-likeness (QED) is 0.179. The lowest BCUT2D eigenvalue weighted by molar-refractivity contribution is -0.121. The van der Waals surface area contributed by atoms with Crippen LogP contribution in [0.5, 0.6) is 11.5 Å². The third-order valence-corrected chi connectivity index (χ3v) is 8.90. The Balaban J connectivity index is 1.82. The van der Waals surface area contributed by atoms with E-state index >= 15 is 0 Å². The number of unbranched alkanes of at least 4 members (excludes halogenated alkanes) is 4. The molecule has 0 aliphatic carbocycles. The summed E-state index contributed by atoms with van der Waals surface area (Å²) >= 11 is 2.10. The Kier molecular flexibility index (Phi) is 10.00. The highest BCUT2D eigenvalue weighted by molar-refractivity contribution is 8.19. The first-order chi connectivity index (χ1) is 16.9.